The fourth-order valence-corrected chi connectivity index (χ4v) is 1.21. The highest BCUT2D eigenvalue weighted by molar-refractivity contribution is 9.09. The van der Waals surface area contributed by atoms with E-state index in [4.69, 9.17) is 5.26 Å². The van der Waals surface area contributed by atoms with Crippen molar-refractivity contribution < 1.29 is 10.1 Å². The molecule has 2 nitrogen and oxygen atoms in total. The molecule has 1 N–H and O–H groups in total. The van der Waals surface area contributed by atoms with Gasteiger partial charge in [0.05, 0.1) is 0 Å². The molecule has 66 valence electrons. The van der Waals surface area contributed by atoms with Gasteiger partial charge in [-0.15, -0.1) is 0 Å². The fourth-order valence-electron chi connectivity index (χ4n) is 0.816. The number of unbranched alkanes of at least 4 members (excludes halogenated alkanes) is 3. The molecule has 0 amide bonds. The zero-order chi connectivity index (χ0) is 8.53. The number of halogens is 1. The van der Waals surface area contributed by atoms with Gasteiger partial charge in [0, 0.05) is 11.8 Å². The zero-order valence-corrected chi connectivity index (χ0v) is 8.27. The molecule has 0 heterocycles. The summed E-state index contributed by atoms with van der Waals surface area (Å²) in [6, 6.07) is 0. The minimum atomic E-state index is 0.462. The van der Waals surface area contributed by atoms with Crippen LogP contribution < -0.4 is 0 Å². The molecular formula is C8H15BrO2. The number of hydrogen-bond donors (Lipinski definition) is 1. The maximum atomic E-state index is 8.13. The minimum absolute atomic E-state index is 0.462. The van der Waals surface area contributed by atoms with Gasteiger partial charge in [-0.1, -0.05) is 35.4 Å². The van der Waals surface area contributed by atoms with Gasteiger partial charge in [-0.25, -0.2) is 5.26 Å². The molecular weight excluding hydrogens is 208 g/mol. The third kappa shape index (κ3) is 7.88. The lowest BCUT2D eigenvalue weighted by atomic mass is 10.1. The van der Waals surface area contributed by atoms with Crippen molar-refractivity contribution in [3.8, 4) is 0 Å². The molecule has 0 saturated heterocycles. The smallest absolute Gasteiger partial charge is 0.135 e. The van der Waals surface area contributed by atoms with E-state index in [-0.39, 0.29) is 0 Å². The summed E-state index contributed by atoms with van der Waals surface area (Å²) < 4.78 is 0. The molecule has 0 radical (unpaired) electrons. The third-order valence-electron chi connectivity index (χ3n) is 1.47. The molecule has 0 saturated carbocycles. The van der Waals surface area contributed by atoms with Crippen molar-refractivity contribution in [2.75, 3.05) is 5.33 Å². The lowest BCUT2D eigenvalue weighted by Crippen LogP contribution is -1.86. The first-order valence-corrected chi connectivity index (χ1v) is 4.98. The van der Waals surface area contributed by atoms with Crippen molar-refractivity contribution in [2.45, 2.75) is 32.1 Å². The lowest BCUT2D eigenvalue weighted by molar-refractivity contribution is -0.205. The van der Waals surface area contributed by atoms with Gasteiger partial charge in [-0.2, -0.15) is 0 Å². The minimum Gasteiger partial charge on any atom is -0.345 e. The van der Waals surface area contributed by atoms with E-state index < -0.39 is 0 Å². The first-order valence-electron chi connectivity index (χ1n) is 3.86. The first-order chi connectivity index (χ1) is 5.31. The van der Waals surface area contributed by atoms with Crippen LogP contribution in [-0.2, 0) is 4.89 Å². The van der Waals surface area contributed by atoms with Crippen molar-refractivity contribution in [3.63, 3.8) is 0 Å². The van der Waals surface area contributed by atoms with Crippen LogP contribution >= 0.6 is 15.9 Å². The molecule has 0 unspecified atom stereocenters. The SMILES string of the molecule is C=C(CCCCCCBr)OO. The molecule has 0 aromatic heterocycles. The highest BCUT2D eigenvalue weighted by Crippen LogP contribution is 2.09. The summed E-state index contributed by atoms with van der Waals surface area (Å²) >= 11 is 3.36. The third-order valence-corrected chi connectivity index (χ3v) is 2.03. The maximum Gasteiger partial charge on any atom is 0.135 e. The largest absolute Gasteiger partial charge is 0.345 e. The predicted molar refractivity (Wildman–Crippen MR) is 49.7 cm³/mol. The van der Waals surface area contributed by atoms with Crippen LogP contribution in [0.1, 0.15) is 32.1 Å². The quantitative estimate of drug-likeness (QED) is 0.236. The Morgan fingerprint density at radius 3 is 2.45 bits per heavy atom. The molecule has 0 aromatic rings. The molecule has 0 rings (SSSR count). The molecule has 3 heteroatoms. The monoisotopic (exact) mass is 222 g/mol. The van der Waals surface area contributed by atoms with Crippen LogP contribution in [-0.4, -0.2) is 10.6 Å². The molecule has 11 heavy (non-hydrogen) atoms. The Morgan fingerprint density at radius 1 is 1.27 bits per heavy atom. The Kier molecular flexibility index (Phi) is 8.07. The average molecular weight is 223 g/mol. The predicted octanol–water partition coefficient (Wildman–Crippen LogP) is 3.34. The topological polar surface area (TPSA) is 29.5 Å². The van der Waals surface area contributed by atoms with Crippen LogP contribution in [0.15, 0.2) is 12.3 Å². The summed E-state index contributed by atoms with van der Waals surface area (Å²) in [7, 11) is 0. The molecule has 0 aromatic carbocycles. The molecule has 0 fully saturated rings. The molecule has 0 aliphatic carbocycles. The molecule has 0 spiro atoms. The fraction of sp³-hybridized carbons (Fsp3) is 0.750. The Balaban J connectivity index is 2.95. The van der Waals surface area contributed by atoms with E-state index in [1.807, 2.05) is 0 Å². The summed E-state index contributed by atoms with van der Waals surface area (Å²) in [5.41, 5.74) is 0. The number of hydrogen-bond acceptors (Lipinski definition) is 2. The molecule has 0 aliphatic heterocycles. The average Bonchev–Trinajstić information content (AvgIpc) is 2.04. The highest BCUT2D eigenvalue weighted by Gasteiger charge is 1.93. The van der Waals surface area contributed by atoms with Crippen molar-refractivity contribution >= 4 is 15.9 Å². The molecule has 0 atom stereocenters. The van der Waals surface area contributed by atoms with Crippen LogP contribution in [0.5, 0.6) is 0 Å². The Hall–Kier alpha value is -0.0200. The molecule has 0 bridgehead atoms. The zero-order valence-electron chi connectivity index (χ0n) is 6.68. The van der Waals surface area contributed by atoms with E-state index in [1.165, 1.54) is 19.3 Å². The van der Waals surface area contributed by atoms with Crippen molar-refractivity contribution in [1.29, 1.82) is 0 Å². The van der Waals surface area contributed by atoms with Crippen LogP contribution in [0.25, 0.3) is 0 Å². The van der Waals surface area contributed by atoms with E-state index in [0.717, 1.165) is 18.2 Å². The first kappa shape index (κ1) is 11.0. The number of alkyl halides is 1. The standard InChI is InChI=1S/C8H15BrO2/c1-8(11-10)6-4-2-3-5-7-9/h10H,1-7H2. The van der Waals surface area contributed by atoms with Gasteiger partial charge < -0.3 is 4.89 Å². The van der Waals surface area contributed by atoms with Gasteiger partial charge in [0.25, 0.3) is 0 Å². The van der Waals surface area contributed by atoms with E-state index in [9.17, 15) is 0 Å². The summed E-state index contributed by atoms with van der Waals surface area (Å²) in [5, 5.41) is 9.20. The van der Waals surface area contributed by atoms with Crippen molar-refractivity contribution in [3.05, 3.63) is 12.3 Å². The van der Waals surface area contributed by atoms with Crippen LogP contribution in [0, 0.1) is 0 Å². The van der Waals surface area contributed by atoms with E-state index in [0.29, 0.717) is 5.76 Å². The van der Waals surface area contributed by atoms with Crippen molar-refractivity contribution in [1.82, 2.24) is 0 Å². The van der Waals surface area contributed by atoms with Crippen LogP contribution in [0.4, 0.5) is 0 Å². The summed E-state index contributed by atoms with van der Waals surface area (Å²) in [6.07, 6.45) is 5.43. The second kappa shape index (κ2) is 8.08. The Bertz CT molecular complexity index is 104. The van der Waals surface area contributed by atoms with E-state index in [1.54, 1.807) is 0 Å². The van der Waals surface area contributed by atoms with E-state index in [2.05, 4.69) is 27.4 Å². The second-order valence-electron chi connectivity index (χ2n) is 2.48. The second-order valence-corrected chi connectivity index (χ2v) is 3.28. The molecule has 0 aliphatic rings. The van der Waals surface area contributed by atoms with Gasteiger partial charge >= 0.3 is 0 Å². The van der Waals surface area contributed by atoms with E-state index >= 15 is 0 Å². The van der Waals surface area contributed by atoms with Gasteiger partial charge in [-0.05, 0) is 12.8 Å². The highest BCUT2D eigenvalue weighted by atomic mass is 79.9. The maximum absolute atomic E-state index is 8.13. The van der Waals surface area contributed by atoms with Gasteiger partial charge in [0.15, 0.2) is 0 Å². The normalized spacial score (nSPS) is 9.64. The Morgan fingerprint density at radius 2 is 1.91 bits per heavy atom. The Labute approximate surface area is 76.3 Å². The van der Waals surface area contributed by atoms with Gasteiger partial charge in [-0.3, -0.25) is 0 Å². The summed E-state index contributed by atoms with van der Waals surface area (Å²) in [5.74, 6) is 0.462. The van der Waals surface area contributed by atoms with Crippen molar-refractivity contribution in [2.24, 2.45) is 0 Å². The summed E-state index contributed by atoms with van der Waals surface area (Å²) in [6.45, 7) is 3.51. The van der Waals surface area contributed by atoms with Crippen LogP contribution in [0.2, 0.25) is 0 Å². The number of allylic oxidation sites excluding steroid dienone is 1. The lowest BCUT2D eigenvalue weighted by Gasteiger charge is -2.00. The summed E-state index contributed by atoms with van der Waals surface area (Å²) in [4.78, 5) is 3.95. The van der Waals surface area contributed by atoms with Gasteiger partial charge in [0.1, 0.15) is 5.76 Å². The number of rotatable bonds is 7. The van der Waals surface area contributed by atoms with Crippen LogP contribution in [0.3, 0.4) is 0 Å². The van der Waals surface area contributed by atoms with Gasteiger partial charge in [0.2, 0.25) is 0 Å².